The van der Waals surface area contributed by atoms with Crippen LogP contribution in [0.25, 0.3) is 0 Å². The van der Waals surface area contributed by atoms with Crippen LogP contribution in [0, 0.1) is 17.3 Å². The molecule has 0 saturated heterocycles. The lowest BCUT2D eigenvalue weighted by molar-refractivity contribution is -0.131. The van der Waals surface area contributed by atoms with E-state index in [0.717, 1.165) is 19.3 Å². The van der Waals surface area contributed by atoms with Gasteiger partial charge in [0.05, 0.1) is 4.99 Å². The smallest absolute Gasteiger partial charge is 0.226 e. The molecular weight excluding hydrogens is 244 g/mol. The number of amides is 1. The van der Waals surface area contributed by atoms with E-state index in [2.05, 4.69) is 19.2 Å². The van der Waals surface area contributed by atoms with Crippen molar-refractivity contribution >= 4 is 23.1 Å². The zero-order valence-electron chi connectivity index (χ0n) is 11.8. The van der Waals surface area contributed by atoms with Crippen molar-refractivity contribution in [3.8, 4) is 0 Å². The fourth-order valence-electron chi connectivity index (χ4n) is 2.89. The van der Waals surface area contributed by atoms with Crippen molar-refractivity contribution in [2.45, 2.75) is 52.9 Å². The van der Waals surface area contributed by atoms with Crippen LogP contribution in [0.2, 0.25) is 0 Å². The summed E-state index contributed by atoms with van der Waals surface area (Å²) in [5, 5.41) is 3.05. The number of carbonyl (C=O) groups is 1. The Labute approximate surface area is 116 Å². The van der Waals surface area contributed by atoms with Crippen LogP contribution in [0.4, 0.5) is 0 Å². The van der Waals surface area contributed by atoms with E-state index < -0.39 is 0 Å². The summed E-state index contributed by atoms with van der Waals surface area (Å²) in [6.45, 7) is 6.89. The normalized spacial score (nSPS) is 19.8. The first-order valence-corrected chi connectivity index (χ1v) is 7.36. The number of nitrogens with one attached hydrogen (secondary N) is 1. The highest BCUT2D eigenvalue weighted by molar-refractivity contribution is 7.80. The monoisotopic (exact) mass is 270 g/mol. The Kier molecular flexibility index (Phi) is 5.57. The summed E-state index contributed by atoms with van der Waals surface area (Å²) in [7, 11) is 0. The van der Waals surface area contributed by atoms with Crippen LogP contribution in [0.15, 0.2) is 0 Å². The Morgan fingerprint density at radius 2 is 1.89 bits per heavy atom. The summed E-state index contributed by atoms with van der Waals surface area (Å²) in [5.74, 6) is 0.833. The highest BCUT2D eigenvalue weighted by atomic mass is 32.1. The van der Waals surface area contributed by atoms with Gasteiger partial charge in [0.2, 0.25) is 5.91 Å². The molecule has 3 nitrogen and oxygen atoms in total. The highest BCUT2D eigenvalue weighted by Crippen LogP contribution is 2.43. The van der Waals surface area contributed by atoms with Gasteiger partial charge in [-0.3, -0.25) is 4.79 Å². The first kappa shape index (κ1) is 15.4. The maximum atomic E-state index is 12.4. The van der Waals surface area contributed by atoms with Gasteiger partial charge in [-0.05, 0) is 25.2 Å². The van der Waals surface area contributed by atoms with Gasteiger partial charge in [0.15, 0.2) is 0 Å². The van der Waals surface area contributed by atoms with Crippen molar-refractivity contribution in [3.05, 3.63) is 0 Å². The molecule has 0 aromatic rings. The number of carbonyl (C=O) groups excluding carboxylic acids is 1. The van der Waals surface area contributed by atoms with Crippen molar-refractivity contribution in [1.82, 2.24) is 5.32 Å². The van der Waals surface area contributed by atoms with Gasteiger partial charge in [-0.15, -0.1) is 0 Å². The van der Waals surface area contributed by atoms with E-state index in [-0.39, 0.29) is 17.2 Å². The Hall–Kier alpha value is -0.640. The van der Waals surface area contributed by atoms with Crippen LogP contribution in [0.5, 0.6) is 0 Å². The topological polar surface area (TPSA) is 55.1 Å². The number of hydrogen-bond acceptors (Lipinski definition) is 2. The zero-order chi connectivity index (χ0) is 13.8. The van der Waals surface area contributed by atoms with Crippen LogP contribution in [0.3, 0.4) is 0 Å². The van der Waals surface area contributed by atoms with Crippen molar-refractivity contribution in [2.24, 2.45) is 23.0 Å². The van der Waals surface area contributed by atoms with Gasteiger partial charge in [-0.2, -0.15) is 0 Å². The molecule has 0 spiro atoms. The van der Waals surface area contributed by atoms with Gasteiger partial charge in [0.25, 0.3) is 0 Å². The lowest BCUT2D eigenvalue weighted by Crippen LogP contribution is -2.43. The first-order chi connectivity index (χ1) is 8.37. The molecule has 1 fully saturated rings. The standard InChI is InChI=1S/C14H26N2OS/c1-10(2)8-14(6-4-5-7-14)13(17)16-9-11(3)12(15)18/h10-11H,4-9H2,1-3H3,(H2,15,18)(H,16,17). The van der Waals surface area contributed by atoms with E-state index in [0.29, 0.717) is 17.5 Å². The largest absolute Gasteiger partial charge is 0.393 e. The van der Waals surface area contributed by atoms with E-state index in [9.17, 15) is 4.79 Å². The fourth-order valence-corrected chi connectivity index (χ4v) is 2.97. The van der Waals surface area contributed by atoms with Crippen molar-refractivity contribution in [3.63, 3.8) is 0 Å². The molecule has 1 unspecified atom stereocenters. The number of rotatable bonds is 6. The van der Waals surface area contributed by atoms with Crippen LogP contribution in [-0.2, 0) is 4.79 Å². The number of thiocarbonyl (C=S) groups is 1. The lowest BCUT2D eigenvalue weighted by Gasteiger charge is -2.30. The molecule has 1 aliphatic carbocycles. The Balaban J connectivity index is 2.58. The molecule has 0 bridgehead atoms. The van der Waals surface area contributed by atoms with E-state index >= 15 is 0 Å². The molecule has 0 heterocycles. The molecule has 0 aromatic carbocycles. The van der Waals surface area contributed by atoms with E-state index in [1.165, 1.54) is 12.8 Å². The Morgan fingerprint density at radius 1 is 1.33 bits per heavy atom. The molecule has 1 atom stereocenters. The third kappa shape index (κ3) is 3.94. The van der Waals surface area contributed by atoms with Crippen molar-refractivity contribution in [2.75, 3.05) is 6.54 Å². The Morgan fingerprint density at radius 3 is 2.33 bits per heavy atom. The Bertz CT molecular complexity index is 309. The summed E-state index contributed by atoms with van der Waals surface area (Å²) in [6, 6.07) is 0. The van der Waals surface area contributed by atoms with E-state index in [1.54, 1.807) is 0 Å². The maximum Gasteiger partial charge on any atom is 0.226 e. The summed E-state index contributed by atoms with van der Waals surface area (Å²) in [6.07, 6.45) is 5.38. The van der Waals surface area contributed by atoms with Gasteiger partial charge < -0.3 is 11.1 Å². The van der Waals surface area contributed by atoms with Crippen LogP contribution in [0.1, 0.15) is 52.9 Å². The minimum absolute atomic E-state index is 0.0708. The zero-order valence-corrected chi connectivity index (χ0v) is 12.6. The molecule has 0 aliphatic heterocycles. The second-order valence-corrected chi connectivity index (χ2v) is 6.57. The fraction of sp³-hybridized carbons (Fsp3) is 0.857. The van der Waals surface area contributed by atoms with Gasteiger partial charge in [0.1, 0.15) is 0 Å². The van der Waals surface area contributed by atoms with Crippen LogP contribution < -0.4 is 11.1 Å². The summed E-state index contributed by atoms with van der Waals surface area (Å²) >= 11 is 4.93. The third-order valence-electron chi connectivity index (χ3n) is 3.90. The lowest BCUT2D eigenvalue weighted by atomic mass is 9.77. The number of hydrogen-bond donors (Lipinski definition) is 2. The second kappa shape index (κ2) is 6.50. The van der Waals surface area contributed by atoms with Crippen molar-refractivity contribution < 1.29 is 4.79 Å². The molecule has 0 radical (unpaired) electrons. The molecule has 1 amide bonds. The molecule has 18 heavy (non-hydrogen) atoms. The predicted octanol–water partition coefficient (Wildman–Crippen LogP) is 2.63. The second-order valence-electron chi connectivity index (χ2n) is 6.10. The molecular formula is C14H26N2OS. The summed E-state index contributed by atoms with van der Waals surface area (Å²) in [5.41, 5.74) is 5.43. The molecule has 3 N–H and O–H groups in total. The highest BCUT2D eigenvalue weighted by Gasteiger charge is 2.41. The summed E-state index contributed by atoms with van der Waals surface area (Å²) in [4.78, 5) is 12.9. The third-order valence-corrected chi connectivity index (χ3v) is 4.30. The van der Waals surface area contributed by atoms with E-state index in [1.807, 2.05) is 6.92 Å². The molecule has 1 rings (SSSR count). The van der Waals surface area contributed by atoms with Gasteiger partial charge in [-0.1, -0.05) is 45.8 Å². The molecule has 104 valence electrons. The van der Waals surface area contributed by atoms with Crippen molar-refractivity contribution in [1.29, 1.82) is 0 Å². The predicted molar refractivity (Wildman–Crippen MR) is 79.3 cm³/mol. The quantitative estimate of drug-likeness (QED) is 0.730. The molecule has 1 saturated carbocycles. The van der Waals surface area contributed by atoms with Gasteiger partial charge in [0, 0.05) is 17.9 Å². The van der Waals surface area contributed by atoms with E-state index in [4.69, 9.17) is 18.0 Å². The molecule has 4 heteroatoms. The average molecular weight is 270 g/mol. The first-order valence-electron chi connectivity index (χ1n) is 6.95. The average Bonchev–Trinajstić information content (AvgIpc) is 2.73. The molecule has 1 aliphatic rings. The van der Waals surface area contributed by atoms with Gasteiger partial charge >= 0.3 is 0 Å². The summed E-state index contributed by atoms with van der Waals surface area (Å²) < 4.78 is 0. The SMILES string of the molecule is CC(C)CC1(C(=O)NCC(C)C(N)=S)CCCC1. The van der Waals surface area contributed by atoms with Crippen LogP contribution in [-0.4, -0.2) is 17.4 Å². The van der Waals surface area contributed by atoms with Gasteiger partial charge in [-0.25, -0.2) is 0 Å². The number of nitrogens with two attached hydrogens (primary N) is 1. The van der Waals surface area contributed by atoms with Crippen LogP contribution >= 0.6 is 12.2 Å². The minimum atomic E-state index is -0.135. The minimum Gasteiger partial charge on any atom is -0.393 e. The molecule has 0 aromatic heterocycles. The maximum absolute atomic E-state index is 12.4.